The summed E-state index contributed by atoms with van der Waals surface area (Å²) in [6.45, 7) is 2.19. The highest BCUT2D eigenvalue weighted by molar-refractivity contribution is 6.08. The van der Waals surface area contributed by atoms with Gasteiger partial charge in [-0.25, -0.2) is 4.39 Å². The van der Waals surface area contributed by atoms with Crippen molar-refractivity contribution in [3.63, 3.8) is 0 Å². The molecule has 5 rings (SSSR count). The summed E-state index contributed by atoms with van der Waals surface area (Å²) in [6, 6.07) is 23.7. The highest BCUT2D eigenvalue weighted by Gasteiger charge is 2.19. The van der Waals surface area contributed by atoms with E-state index in [-0.39, 0.29) is 11.6 Å². The van der Waals surface area contributed by atoms with Crippen LogP contribution in [0.5, 0.6) is 0 Å². The number of tetrazole rings is 1. The number of aromatic nitrogens is 6. The standard InChI is InChI=1S/C25H20FN7O/c1-17-28-30-31-33(17)23-14-20(12-13-22(23)26)27-25(34)21-16-32(15-18-8-4-2-5-9-18)29-24(21)19-10-6-3-7-11-19/h2-14,16H,15H2,1H3,(H,27,34). The van der Waals surface area contributed by atoms with Gasteiger partial charge in [-0.2, -0.15) is 9.78 Å². The zero-order valence-corrected chi connectivity index (χ0v) is 18.3. The van der Waals surface area contributed by atoms with Crippen molar-refractivity contribution in [3.05, 3.63) is 108 Å². The van der Waals surface area contributed by atoms with E-state index in [4.69, 9.17) is 0 Å². The van der Waals surface area contributed by atoms with Crippen LogP contribution in [-0.2, 0) is 6.54 Å². The van der Waals surface area contributed by atoms with E-state index < -0.39 is 5.82 Å². The van der Waals surface area contributed by atoms with Gasteiger partial charge >= 0.3 is 0 Å². The highest BCUT2D eigenvalue weighted by Crippen LogP contribution is 2.25. The van der Waals surface area contributed by atoms with Gasteiger partial charge in [0.25, 0.3) is 5.91 Å². The lowest BCUT2D eigenvalue weighted by Gasteiger charge is -2.09. The van der Waals surface area contributed by atoms with Crippen molar-refractivity contribution in [3.8, 4) is 16.9 Å². The van der Waals surface area contributed by atoms with Crippen molar-refractivity contribution in [1.82, 2.24) is 30.0 Å². The van der Waals surface area contributed by atoms with Gasteiger partial charge in [0.1, 0.15) is 17.2 Å². The van der Waals surface area contributed by atoms with E-state index in [1.54, 1.807) is 17.8 Å². The molecule has 34 heavy (non-hydrogen) atoms. The normalized spacial score (nSPS) is 10.9. The van der Waals surface area contributed by atoms with Crippen LogP contribution >= 0.6 is 0 Å². The molecule has 0 bridgehead atoms. The van der Waals surface area contributed by atoms with Gasteiger partial charge in [-0.3, -0.25) is 9.48 Å². The van der Waals surface area contributed by atoms with Gasteiger partial charge in [-0.1, -0.05) is 60.7 Å². The zero-order chi connectivity index (χ0) is 23.5. The molecule has 0 fully saturated rings. The second kappa shape index (κ2) is 9.07. The quantitative estimate of drug-likeness (QED) is 0.415. The smallest absolute Gasteiger partial charge is 0.259 e. The average Bonchev–Trinajstić information content (AvgIpc) is 3.48. The summed E-state index contributed by atoms with van der Waals surface area (Å²) in [4.78, 5) is 13.3. The molecule has 5 aromatic rings. The van der Waals surface area contributed by atoms with Crippen molar-refractivity contribution in [2.45, 2.75) is 13.5 Å². The Kier molecular flexibility index (Phi) is 5.65. The van der Waals surface area contributed by atoms with Crippen LogP contribution in [0.25, 0.3) is 16.9 Å². The molecule has 0 aliphatic heterocycles. The number of halogens is 1. The minimum atomic E-state index is -0.506. The fourth-order valence-electron chi connectivity index (χ4n) is 3.65. The van der Waals surface area contributed by atoms with E-state index in [1.807, 2.05) is 60.7 Å². The number of nitrogens with zero attached hydrogens (tertiary/aromatic N) is 6. The third-order valence-corrected chi connectivity index (χ3v) is 5.30. The van der Waals surface area contributed by atoms with E-state index in [1.165, 1.54) is 22.9 Å². The van der Waals surface area contributed by atoms with Gasteiger partial charge in [0.2, 0.25) is 0 Å². The van der Waals surface area contributed by atoms with Crippen molar-refractivity contribution in [2.24, 2.45) is 0 Å². The fourth-order valence-corrected chi connectivity index (χ4v) is 3.65. The maximum absolute atomic E-state index is 14.4. The summed E-state index contributed by atoms with van der Waals surface area (Å²) in [6.07, 6.45) is 1.72. The molecular weight excluding hydrogens is 433 g/mol. The number of anilines is 1. The van der Waals surface area contributed by atoms with Gasteiger partial charge in [0, 0.05) is 17.4 Å². The van der Waals surface area contributed by atoms with E-state index in [0.29, 0.717) is 29.3 Å². The number of amides is 1. The Labute approximate surface area is 194 Å². The van der Waals surface area contributed by atoms with Crippen molar-refractivity contribution >= 4 is 11.6 Å². The predicted octanol–water partition coefficient (Wildman–Crippen LogP) is 4.27. The minimum Gasteiger partial charge on any atom is -0.322 e. The molecule has 168 valence electrons. The van der Waals surface area contributed by atoms with Crippen molar-refractivity contribution < 1.29 is 9.18 Å². The summed E-state index contributed by atoms with van der Waals surface area (Å²) in [7, 11) is 0. The molecule has 9 heteroatoms. The van der Waals surface area contributed by atoms with E-state index in [2.05, 4.69) is 25.9 Å². The van der Waals surface area contributed by atoms with Crippen LogP contribution < -0.4 is 5.32 Å². The number of hydrogen-bond acceptors (Lipinski definition) is 5. The van der Waals surface area contributed by atoms with Crippen LogP contribution in [-0.4, -0.2) is 35.9 Å². The monoisotopic (exact) mass is 453 g/mol. The molecule has 0 spiro atoms. The first kappa shape index (κ1) is 21.2. The van der Waals surface area contributed by atoms with Crippen LogP contribution in [0.1, 0.15) is 21.7 Å². The number of carbonyl (C=O) groups is 1. The molecule has 2 heterocycles. The molecule has 0 radical (unpaired) electrons. The molecular formula is C25H20FN7O. The predicted molar refractivity (Wildman–Crippen MR) is 125 cm³/mol. The highest BCUT2D eigenvalue weighted by atomic mass is 19.1. The van der Waals surface area contributed by atoms with E-state index in [0.717, 1.165) is 11.1 Å². The molecule has 0 atom stereocenters. The van der Waals surface area contributed by atoms with Gasteiger partial charge in [-0.15, -0.1) is 5.10 Å². The summed E-state index contributed by atoms with van der Waals surface area (Å²) in [5.41, 5.74) is 3.41. The minimum absolute atomic E-state index is 0.142. The molecule has 0 unspecified atom stereocenters. The van der Waals surface area contributed by atoms with Gasteiger partial charge in [0.15, 0.2) is 5.82 Å². The lowest BCUT2D eigenvalue weighted by atomic mass is 10.1. The second-order valence-electron chi connectivity index (χ2n) is 7.70. The molecule has 2 aromatic heterocycles. The summed E-state index contributed by atoms with van der Waals surface area (Å²) < 4.78 is 17.4. The molecule has 0 saturated heterocycles. The number of nitrogens with one attached hydrogen (secondary N) is 1. The maximum Gasteiger partial charge on any atom is 0.259 e. The fraction of sp³-hybridized carbons (Fsp3) is 0.0800. The van der Waals surface area contributed by atoms with E-state index >= 15 is 0 Å². The number of carbonyl (C=O) groups excluding carboxylic acids is 1. The Balaban J connectivity index is 1.48. The van der Waals surface area contributed by atoms with Gasteiger partial charge in [-0.05, 0) is 41.1 Å². The van der Waals surface area contributed by atoms with Crippen LogP contribution in [0.2, 0.25) is 0 Å². The van der Waals surface area contributed by atoms with Crippen LogP contribution in [0, 0.1) is 12.7 Å². The third-order valence-electron chi connectivity index (χ3n) is 5.30. The first-order valence-electron chi connectivity index (χ1n) is 10.6. The Hall–Kier alpha value is -4.66. The number of hydrogen-bond donors (Lipinski definition) is 1. The summed E-state index contributed by atoms with van der Waals surface area (Å²) in [5, 5.41) is 18.7. The molecule has 0 aliphatic carbocycles. The number of benzene rings is 3. The largest absolute Gasteiger partial charge is 0.322 e. The lowest BCUT2D eigenvalue weighted by molar-refractivity contribution is 0.102. The first-order valence-corrected chi connectivity index (χ1v) is 10.6. The Morgan fingerprint density at radius 3 is 2.44 bits per heavy atom. The maximum atomic E-state index is 14.4. The molecule has 8 nitrogen and oxygen atoms in total. The van der Waals surface area contributed by atoms with E-state index in [9.17, 15) is 9.18 Å². The molecule has 0 saturated carbocycles. The van der Waals surface area contributed by atoms with Gasteiger partial charge < -0.3 is 5.32 Å². The topological polar surface area (TPSA) is 90.5 Å². The zero-order valence-electron chi connectivity index (χ0n) is 18.3. The molecule has 0 aliphatic rings. The SMILES string of the molecule is Cc1nnnn1-c1cc(NC(=O)c2cn(Cc3ccccc3)nc2-c2ccccc2)ccc1F. The summed E-state index contributed by atoms with van der Waals surface area (Å²) >= 11 is 0. The van der Waals surface area contributed by atoms with Crippen LogP contribution in [0.4, 0.5) is 10.1 Å². The van der Waals surface area contributed by atoms with Crippen molar-refractivity contribution in [1.29, 1.82) is 0 Å². The average molecular weight is 453 g/mol. The van der Waals surface area contributed by atoms with Crippen molar-refractivity contribution in [2.75, 3.05) is 5.32 Å². The van der Waals surface area contributed by atoms with Gasteiger partial charge in [0.05, 0.1) is 12.1 Å². The molecule has 1 N–H and O–H groups in total. The second-order valence-corrected chi connectivity index (χ2v) is 7.70. The first-order chi connectivity index (χ1) is 16.6. The Morgan fingerprint density at radius 1 is 1.00 bits per heavy atom. The Bertz CT molecular complexity index is 1440. The molecule has 3 aromatic carbocycles. The Morgan fingerprint density at radius 2 is 1.74 bits per heavy atom. The molecule has 1 amide bonds. The third kappa shape index (κ3) is 4.31. The lowest BCUT2D eigenvalue weighted by Crippen LogP contribution is -2.13. The summed E-state index contributed by atoms with van der Waals surface area (Å²) in [5.74, 6) is -0.436. The van der Waals surface area contributed by atoms with Crippen LogP contribution in [0.3, 0.4) is 0 Å². The number of aryl methyl sites for hydroxylation is 1. The van der Waals surface area contributed by atoms with Crippen LogP contribution in [0.15, 0.2) is 85.1 Å². The number of rotatable bonds is 6.